The second-order valence-electron chi connectivity index (χ2n) is 10.9. The number of aromatic hydroxyl groups is 4. The van der Waals surface area contributed by atoms with Gasteiger partial charge in [-0.05, 0) is 141 Å². The highest BCUT2D eigenvalue weighted by atomic mass is 16.3. The number of rotatable bonds is 3. The van der Waals surface area contributed by atoms with E-state index in [0.717, 1.165) is 83.6 Å². The summed E-state index contributed by atoms with van der Waals surface area (Å²) >= 11 is 0. The number of fused-ring (bicyclic) bond motifs is 6. The first-order valence-corrected chi connectivity index (χ1v) is 13.5. The number of phenols is 4. The summed E-state index contributed by atoms with van der Waals surface area (Å²) in [5, 5.41) is 47.7. The van der Waals surface area contributed by atoms with Gasteiger partial charge in [0.1, 0.15) is 23.0 Å². The second-order valence-corrected chi connectivity index (χ2v) is 10.9. The summed E-state index contributed by atoms with van der Waals surface area (Å²) in [4.78, 5) is 0. The zero-order valence-corrected chi connectivity index (χ0v) is 23.2. The van der Waals surface area contributed by atoms with E-state index in [1.165, 1.54) is 0 Å². The average molecular weight is 529 g/mol. The molecule has 0 saturated carbocycles. The molecule has 5 aromatic carbocycles. The van der Waals surface area contributed by atoms with E-state index >= 15 is 0 Å². The van der Waals surface area contributed by atoms with Gasteiger partial charge in [0.2, 0.25) is 0 Å². The third-order valence-electron chi connectivity index (χ3n) is 8.93. The molecule has 200 valence electrons. The van der Waals surface area contributed by atoms with Crippen molar-refractivity contribution < 1.29 is 20.4 Å². The molecule has 0 aliphatic heterocycles. The van der Waals surface area contributed by atoms with Crippen molar-refractivity contribution in [3.63, 3.8) is 0 Å². The lowest BCUT2D eigenvalue weighted by molar-refractivity contribution is 0.468. The molecule has 0 bridgehead atoms. The monoisotopic (exact) mass is 528 g/mol. The van der Waals surface area contributed by atoms with E-state index in [1.54, 1.807) is 24.3 Å². The van der Waals surface area contributed by atoms with Gasteiger partial charge in [0, 0.05) is 5.56 Å². The van der Waals surface area contributed by atoms with Crippen LogP contribution in [0.3, 0.4) is 0 Å². The highest BCUT2D eigenvalue weighted by Crippen LogP contribution is 2.53. The van der Waals surface area contributed by atoms with Gasteiger partial charge >= 0.3 is 0 Å². The van der Waals surface area contributed by atoms with Crippen LogP contribution in [0.25, 0.3) is 56.0 Å². The summed E-state index contributed by atoms with van der Waals surface area (Å²) in [5.74, 6) is 0.768. The molecule has 40 heavy (non-hydrogen) atoms. The quantitative estimate of drug-likeness (QED) is 0.176. The highest BCUT2D eigenvalue weighted by molar-refractivity contribution is 6.19. The normalized spacial score (nSPS) is 12.4. The molecule has 0 spiro atoms. The Morgan fingerprint density at radius 1 is 0.600 bits per heavy atom. The van der Waals surface area contributed by atoms with Gasteiger partial charge in [0.15, 0.2) is 0 Å². The molecule has 4 nitrogen and oxygen atoms in total. The molecule has 0 amide bonds. The lowest BCUT2D eigenvalue weighted by Crippen LogP contribution is -2.10. The first-order valence-electron chi connectivity index (χ1n) is 13.5. The number of benzene rings is 5. The first-order chi connectivity index (χ1) is 19.1. The van der Waals surface area contributed by atoms with Gasteiger partial charge < -0.3 is 20.4 Å². The number of aryl methyl sites for hydroxylation is 2. The van der Waals surface area contributed by atoms with Gasteiger partial charge in [-0.2, -0.15) is 0 Å². The molecular formula is C36H32O4. The maximum atomic E-state index is 11.8. The molecule has 0 fully saturated rings. The highest BCUT2D eigenvalue weighted by Gasteiger charge is 2.30. The molecule has 1 aliphatic carbocycles. The average Bonchev–Trinajstić information content (AvgIpc) is 2.94. The second kappa shape index (κ2) is 8.92. The van der Waals surface area contributed by atoms with Gasteiger partial charge in [-0.3, -0.25) is 0 Å². The van der Waals surface area contributed by atoms with Crippen LogP contribution in [-0.4, -0.2) is 20.4 Å². The molecule has 0 atom stereocenters. The lowest BCUT2D eigenvalue weighted by atomic mass is 9.75. The molecular weight excluding hydrogens is 496 g/mol. The third-order valence-corrected chi connectivity index (χ3v) is 8.93. The van der Waals surface area contributed by atoms with Crippen LogP contribution < -0.4 is 0 Å². The van der Waals surface area contributed by atoms with Crippen LogP contribution in [0.2, 0.25) is 0 Å². The summed E-state index contributed by atoms with van der Waals surface area (Å²) in [5.41, 5.74) is 10.0. The van der Waals surface area contributed by atoms with Crippen LogP contribution in [0.1, 0.15) is 44.5 Å². The fraction of sp³-hybridized carbons (Fsp3) is 0.167. The van der Waals surface area contributed by atoms with Crippen LogP contribution in [0, 0.1) is 27.7 Å². The lowest BCUT2D eigenvalue weighted by Gasteiger charge is -2.29. The van der Waals surface area contributed by atoms with Crippen molar-refractivity contribution in [3.05, 3.63) is 94.1 Å². The fourth-order valence-corrected chi connectivity index (χ4v) is 6.67. The summed E-state index contributed by atoms with van der Waals surface area (Å²) in [6, 6.07) is 11.2. The van der Waals surface area contributed by atoms with E-state index < -0.39 is 0 Å². The van der Waals surface area contributed by atoms with Crippen LogP contribution in [0.5, 0.6) is 23.0 Å². The maximum absolute atomic E-state index is 11.8. The van der Waals surface area contributed by atoms with E-state index in [4.69, 9.17) is 0 Å². The largest absolute Gasteiger partial charge is 0.508 e. The van der Waals surface area contributed by atoms with Gasteiger partial charge in [-0.25, -0.2) is 0 Å². The Morgan fingerprint density at radius 2 is 1.25 bits per heavy atom. The topological polar surface area (TPSA) is 80.9 Å². The van der Waals surface area contributed by atoms with Crippen LogP contribution in [0.15, 0.2) is 49.6 Å². The Morgan fingerprint density at radius 3 is 1.95 bits per heavy atom. The molecule has 1 aliphatic rings. The Balaban J connectivity index is 1.86. The fourth-order valence-electron chi connectivity index (χ4n) is 6.67. The number of hydrogen-bond acceptors (Lipinski definition) is 4. The Labute approximate surface area is 233 Å². The van der Waals surface area contributed by atoms with E-state index in [-0.39, 0.29) is 23.0 Å². The summed E-state index contributed by atoms with van der Waals surface area (Å²) in [6.07, 6.45) is 4.96. The molecule has 5 aromatic rings. The van der Waals surface area contributed by atoms with E-state index in [2.05, 4.69) is 13.2 Å². The van der Waals surface area contributed by atoms with Gasteiger partial charge in [0.25, 0.3) is 0 Å². The molecule has 0 saturated heterocycles. The summed E-state index contributed by atoms with van der Waals surface area (Å²) in [7, 11) is 0. The predicted molar refractivity (Wildman–Crippen MR) is 166 cm³/mol. The van der Waals surface area contributed by atoms with E-state index in [9.17, 15) is 20.4 Å². The smallest absolute Gasteiger partial charge is 0.127 e. The van der Waals surface area contributed by atoms with Crippen molar-refractivity contribution >= 4 is 33.7 Å². The van der Waals surface area contributed by atoms with Crippen LogP contribution >= 0.6 is 0 Å². The molecule has 0 unspecified atom stereocenters. The van der Waals surface area contributed by atoms with Crippen molar-refractivity contribution in [2.75, 3.05) is 0 Å². The van der Waals surface area contributed by atoms with Crippen LogP contribution in [-0.2, 0) is 12.8 Å². The minimum Gasteiger partial charge on any atom is -0.508 e. The minimum absolute atomic E-state index is 0.130. The Kier molecular flexibility index (Phi) is 5.70. The Bertz CT molecular complexity index is 1960. The summed E-state index contributed by atoms with van der Waals surface area (Å²) < 4.78 is 0. The van der Waals surface area contributed by atoms with Crippen molar-refractivity contribution in [2.45, 2.75) is 40.5 Å². The van der Waals surface area contributed by atoms with Crippen molar-refractivity contribution in [1.82, 2.24) is 0 Å². The van der Waals surface area contributed by atoms with Crippen LogP contribution in [0.4, 0.5) is 0 Å². The zero-order chi connectivity index (χ0) is 28.6. The SMILES string of the molecule is C=Cc1c(C)c(O)cc2c1-c1c(-c3c(O)c(C)c(C=C)c4c3ccc3c(C)c(O)ccc34)cc(O)c(C)c1CC2. The van der Waals surface area contributed by atoms with Crippen molar-refractivity contribution in [2.24, 2.45) is 0 Å². The maximum Gasteiger partial charge on any atom is 0.127 e. The zero-order valence-electron chi connectivity index (χ0n) is 23.2. The summed E-state index contributed by atoms with van der Waals surface area (Å²) in [6.45, 7) is 15.7. The Hall–Kier alpha value is -4.70. The number of hydrogen-bond donors (Lipinski definition) is 4. The van der Waals surface area contributed by atoms with Gasteiger partial charge in [-0.15, -0.1) is 0 Å². The van der Waals surface area contributed by atoms with Crippen molar-refractivity contribution in [1.29, 1.82) is 0 Å². The van der Waals surface area contributed by atoms with E-state index in [1.807, 2.05) is 52.0 Å². The first kappa shape index (κ1) is 25.6. The molecule has 0 radical (unpaired) electrons. The van der Waals surface area contributed by atoms with Gasteiger partial charge in [0.05, 0.1) is 0 Å². The molecule has 0 aromatic heterocycles. The molecule has 0 heterocycles. The molecule has 4 N–H and O–H groups in total. The van der Waals surface area contributed by atoms with E-state index in [0.29, 0.717) is 17.5 Å². The molecule has 6 rings (SSSR count). The minimum atomic E-state index is 0.130. The number of phenolic OH excluding ortho intramolecular Hbond substituents is 4. The third kappa shape index (κ3) is 3.32. The van der Waals surface area contributed by atoms with Crippen molar-refractivity contribution in [3.8, 4) is 45.3 Å². The standard InChI is InChI=1S/C36H32O4/c1-7-22-17(3)30(38)15-21-9-10-25-19(5)31(39)16-28(34(25)32(21)22)35-27-12-11-24-18(4)29(37)14-13-26(24)33(27)23(8-2)20(6)36(35)40/h7-8,11-16,37-40H,1-2,9-10H2,3-6H3. The van der Waals surface area contributed by atoms with Gasteiger partial charge in [-0.1, -0.05) is 43.5 Å². The molecule has 4 heteroatoms. The predicted octanol–water partition coefficient (Wildman–Crippen LogP) is 8.77.